The van der Waals surface area contributed by atoms with Crippen LogP contribution in [0.1, 0.15) is 39.8 Å². The molecule has 136 valence electrons. The van der Waals surface area contributed by atoms with Crippen molar-refractivity contribution in [3.8, 4) is 0 Å². The number of nitrogens with zero attached hydrogens (tertiary/aromatic N) is 1. The van der Waals surface area contributed by atoms with E-state index in [-0.39, 0.29) is 17.6 Å². The summed E-state index contributed by atoms with van der Waals surface area (Å²) >= 11 is 0. The van der Waals surface area contributed by atoms with Crippen molar-refractivity contribution in [2.24, 2.45) is 5.92 Å². The van der Waals surface area contributed by atoms with E-state index in [9.17, 15) is 9.59 Å². The van der Waals surface area contributed by atoms with E-state index in [0.29, 0.717) is 17.4 Å². The first-order valence-corrected chi connectivity index (χ1v) is 8.23. The topological polar surface area (TPSA) is 116 Å². The van der Waals surface area contributed by atoms with Gasteiger partial charge in [0, 0.05) is 6.21 Å². The third kappa shape index (κ3) is 5.53. The van der Waals surface area contributed by atoms with E-state index < -0.39 is 11.7 Å². The highest BCUT2D eigenvalue weighted by molar-refractivity contribution is 5.96. The Kier molecular flexibility index (Phi) is 5.73. The van der Waals surface area contributed by atoms with Gasteiger partial charge in [-0.15, -0.1) is 0 Å². The lowest BCUT2D eigenvalue weighted by atomic mass is 10.1. The Morgan fingerprint density at radius 3 is 2.64 bits per heavy atom. The maximum absolute atomic E-state index is 12.2. The predicted molar refractivity (Wildman–Crippen MR) is 96.2 cm³/mol. The van der Waals surface area contributed by atoms with Gasteiger partial charge in [0.05, 0.1) is 11.7 Å². The van der Waals surface area contributed by atoms with Crippen molar-refractivity contribution in [1.82, 2.24) is 10.3 Å². The summed E-state index contributed by atoms with van der Waals surface area (Å²) in [7, 11) is 0. The standard InChI is InChI=1S/C17H25N5O3/c1-10-7-12(19-9-10)15(23)22-14-6-5-11(13(8-18)20-14)21-16(24)25-17(2,3)4/h5-6,8,10,12,18-19H,7,9H2,1-4H3,(H,21,24)(H,20,22,23)/t10?,12-/m1/s1. The second-order valence-corrected chi connectivity index (χ2v) is 7.19. The van der Waals surface area contributed by atoms with Crippen molar-refractivity contribution in [3.05, 3.63) is 17.8 Å². The number of aromatic nitrogens is 1. The van der Waals surface area contributed by atoms with Crippen LogP contribution in [0.2, 0.25) is 0 Å². The fourth-order valence-corrected chi connectivity index (χ4v) is 2.50. The third-order valence-corrected chi connectivity index (χ3v) is 3.62. The van der Waals surface area contributed by atoms with E-state index in [1.807, 2.05) is 0 Å². The van der Waals surface area contributed by atoms with E-state index >= 15 is 0 Å². The third-order valence-electron chi connectivity index (χ3n) is 3.62. The summed E-state index contributed by atoms with van der Waals surface area (Å²) < 4.78 is 5.18. The molecular weight excluding hydrogens is 322 g/mol. The van der Waals surface area contributed by atoms with E-state index in [0.717, 1.165) is 19.2 Å². The highest BCUT2D eigenvalue weighted by Crippen LogP contribution is 2.18. The number of hydrogen-bond acceptors (Lipinski definition) is 6. The van der Waals surface area contributed by atoms with Gasteiger partial charge in [0.15, 0.2) is 0 Å². The molecule has 2 rings (SSSR count). The zero-order chi connectivity index (χ0) is 18.6. The minimum absolute atomic E-state index is 0.152. The average molecular weight is 347 g/mol. The van der Waals surface area contributed by atoms with Crippen LogP contribution >= 0.6 is 0 Å². The number of carbonyl (C=O) groups excluding carboxylic acids is 2. The molecule has 0 bridgehead atoms. The monoisotopic (exact) mass is 347 g/mol. The second-order valence-electron chi connectivity index (χ2n) is 7.19. The fraction of sp³-hybridized carbons (Fsp3) is 0.529. The average Bonchev–Trinajstić information content (AvgIpc) is 2.93. The Morgan fingerprint density at radius 1 is 1.36 bits per heavy atom. The molecule has 1 fully saturated rings. The normalized spacial score (nSPS) is 20.0. The number of nitrogens with one attached hydrogen (secondary N) is 4. The molecule has 2 atom stereocenters. The molecule has 1 aliphatic heterocycles. The number of rotatable bonds is 4. The van der Waals surface area contributed by atoms with Crippen LogP contribution < -0.4 is 16.0 Å². The van der Waals surface area contributed by atoms with Crippen molar-refractivity contribution < 1.29 is 14.3 Å². The van der Waals surface area contributed by atoms with Gasteiger partial charge in [-0.1, -0.05) is 6.92 Å². The molecule has 0 saturated carbocycles. The molecule has 25 heavy (non-hydrogen) atoms. The van der Waals surface area contributed by atoms with Crippen molar-refractivity contribution in [1.29, 1.82) is 5.41 Å². The highest BCUT2D eigenvalue weighted by atomic mass is 16.6. The molecule has 8 nitrogen and oxygen atoms in total. The predicted octanol–water partition coefficient (Wildman–Crippen LogP) is 2.36. The molecule has 2 amide bonds. The van der Waals surface area contributed by atoms with Gasteiger partial charge in [0.2, 0.25) is 5.91 Å². The molecule has 4 N–H and O–H groups in total. The van der Waals surface area contributed by atoms with Crippen molar-refractivity contribution in [2.45, 2.75) is 45.8 Å². The van der Waals surface area contributed by atoms with Crippen LogP contribution in [0.25, 0.3) is 0 Å². The van der Waals surface area contributed by atoms with Crippen molar-refractivity contribution in [2.75, 3.05) is 17.2 Å². The zero-order valence-electron chi connectivity index (χ0n) is 15.0. The number of hydrogen-bond donors (Lipinski definition) is 4. The van der Waals surface area contributed by atoms with Gasteiger partial charge in [-0.25, -0.2) is 9.78 Å². The van der Waals surface area contributed by atoms with Crippen LogP contribution in [0, 0.1) is 11.3 Å². The summed E-state index contributed by atoms with van der Waals surface area (Å²) in [5, 5.41) is 15.9. The van der Waals surface area contributed by atoms with Gasteiger partial charge in [-0.2, -0.15) is 0 Å². The molecule has 2 heterocycles. The van der Waals surface area contributed by atoms with Crippen molar-refractivity contribution >= 4 is 29.7 Å². The summed E-state index contributed by atoms with van der Waals surface area (Å²) in [6, 6.07) is 2.92. The van der Waals surface area contributed by atoms with Gasteiger partial charge in [0.1, 0.15) is 17.1 Å². The smallest absolute Gasteiger partial charge is 0.412 e. The van der Waals surface area contributed by atoms with Crippen LogP contribution in [-0.2, 0) is 9.53 Å². The number of carbonyl (C=O) groups is 2. The molecule has 0 radical (unpaired) electrons. The summed E-state index contributed by atoms with van der Waals surface area (Å²) in [5.74, 6) is 0.640. The van der Waals surface area contributed by atoms with Gasteiger partial charge in [-0.3, -0.25) is 10.1 Å². The molecule has 1 aliphatic rings. The van der Waals surface area contributed by atoms with E-state index in [2.05, 4.69) is 27.9 Å². The summed E-state index contributed by atoms with van der Waals surface area (Å²) in [4.78, 5) is 28.3. The Labute approximate surface area is 147 Å². The Bertz CT molecular complexity index is 669. The van der Waals surface area contributed by atoms with Crippen LogP contribution in [0.5, 0.6) is 0 Å². The summed E-state index contributed by atoms with van der Waals surface area (Å²) in [6.45, 7) is 8.19. The van der Waals surface area contributed by atoms with E-state index in [1.54, 1.807) is 32.9 Å². The lowest BCUT2D eigenvalue weighted by Gasteiger charge is -2.20. The number of anilines is 2. The molecule has 0 aromatic carbocycles. The van der Waals surface area contributed by atoms with E-state index in [4.69, 9.17) is 10.1 Å². The van der Waals surface area contributed by atoms with Crippen LogP contribution in [0.15, 0.2) is 12.1 Å². The molecule has 1 aromatic heterocycles. The maximum Gasteiger partial charge on any atom is 0.412 e. The molecular formula is C17H25N5O3. The van der Waals surface area contributed by atoms with Gasteiger partial charge < -0.3 is 20.8 Å². The minimum Gasteiger partial charge on any atom is -0.444 e. The van der Waals surface area contributed by atoms with Crippen molar-refractivity contribution in [3.63, 3.8) is 0 Å². The second kappa shape index (κ2) is 7.60. The number of ether oxygens (including phenoxy) is 1. The quantitative estimate of drug-likeness (QED) is 0.624. The van der Waals surface area contributed by atoms with Gasteiger partial charge >= 0.3 is 6.09 Å². The first-order chi connectivity index (χ1) is 11.7. The fourth-order valence-electron chi connectivity index (χ4n) is 2.50. The maximum atomic E-state index is 12.2. The van der Waals surface area contributed by atoms with E-state index in [1.165, 1.54) is 0 Å². The van der Waals surface area contributed by atoms with Crippen LogP contribution in [0.4, 0.5) is 16.3 Å². The van der Waals surface area contributed by atoms with Crippen LogP contribution in [0.3, 0.4) is 0 Å². The summed E-state index contributed by atoms with van der Waals surface area (Å²) in [6.07, 6.45) is 1.16. The number of amides is 2. The van der Waals surface area contributed by atoms with Gasteiger partial charge in [-0.05, 0) is 51.8 Å². The minimum atomic E-state index is -0.627. The Hall–Kier alpha value is -2.48. The van der Waals surface area contributed by atoms with Gasteiger partial charge in [0.25, 0.3) is 0 Å². The molecule has 0 spiro atoms. The number of pyridine rings is 1. The lowest BCUT2D eigenvalue weighted by Crippen LogP contribution is -2.35. The SMILES string of the molecule is CC1CN[C@@H](C(=O)Nc2ccc(NC(=O)OC(C)(C)C)c(C=N)n2)C1. The van der Waals surface area contributed by atoms with Crippen LogP contribution in [-0.4, -0.2) is 41.4 Å². The Balaban J connectivity index is 2.04. The lowest BCUT2D eigenvalue weighted by molar-refractivity contribution is -0.117. The molecule has 1 saturated heterocycles. The first-order valence-electron chi connectivity index (χ1n) is 8.23. The Morgan fingerprint density at radius 2 is 2.08 bits per heavy atom. The molecule has 0 aliphatic carbocycles. The highest BCUT2D eigenvalue weighted by Gasteiger charge is 2.27. The molecule has 1 aromatic rings. The first kappa shape index (κ1) is 18.9. The summed E-state index contributed by atoms with van der Waals surface area (Å²) in [5.41, 5.74) is -0.0481. The zero-order valence-corrected chi connectivity index (χ0v) is 15.0. The largest absolute Gasteiger partial charge is 0.444 e. The molecule has 8 heteroatoms. The molecule has 1 unspecified atom stereocenters.